The third-order valence-electron chi connectivity index (χ3n) is 2.39. The first kappa shape index (κ1) is 9.33. The fourth-order valence-electron chi connectivity index (χ4n) is 1.63. The molecular formula is C9H13FN4. The average molecular weight is 196 g/mol. The Balaban J connectivity index is 2.15. The van der Waals surface area contributed by atoms with Crippen LogP contribution >= 0.6 is 0 Å². The zero-order valence-electron chi connectivity index (χ0n) is 7.86. The average Bonchev–Trinajstić information content (AvgIpc) is 2.65. The summed E-state index contributed by atoms with van der Waals surface area (Å²) in [6.07, 6.45) is 2.36. The van der Waals surface area contributed by atoms with Gasteiger partial charge in [-0.2, -0.15) is 0 Å². The minimum Gasteiger partial charge on any atom is -0.355 e. The molecular weight excluding hydrogens is 183 g/mol. The smallest absolute Gasteiger partial charge is 0.132 e. The molecule has 1 aliphatic rings. The highest BCUT2D eigenvalue weighted by Gasteiger charge is 2.20. The van der Waals surface area contributed by atoms with Crippen molar-refractivity contribution < 1.29 is 4.39 Å². The van der Waals surface area contributed by atoms with Crippen molar-refractivity contribution in [3.8, 4) is 0 Å². The second kappa shape index (κ2) is 3.88. The van der Waals surface area contributed by atoms with Crippen LogP contribution < -0.4 is 10.6 Å². The summed E-state index contributed by atoms with van der Waals surface area (Å²) in [5.74, 6) is 0.778. The maximum Gasteiger partial charge on any atom is 0.132 e. The number of nitrogens with zero attached hydrogens (tertiary/aromatic N) is 3. The van der Waals surface area contributed by atoms with Crippen LogP contribution in [0.15, 0.2) is 12.4 Å². The van der Waals surface area contributed by atoms with Gasteiger partial charge in [-0.3, -0.25) is 0 Å². The van der Waals surface area contributed by atoms with E-state index in [0.29, 0.717) is 5.69 Å². The molecule has 0 amide bonds. The molecule has 1 aliphatic heterocycles. The molecule has 1 fully saturated rings. The molecule has 5 heteroatoms. The number of halogens is 1. The molecule has 1 aromatic rings. The maximum atomic E-state index is 12.3. The van der Waals surface area contributed by atoms with Crippen molar-refractivity contribution in [1.82, 2.24) is 9.97 Å². The summed E-state index contributed by atoms with van der Waals surface area (Å²) in [5.41, 5.74) is 6.20. The van der Waals surface area contributed by atoms with E-state index in [1.165, 1.54) is 6.33 Å². The zero-order valence-corrected chi connectivity index (χ0v) is 7.86. The Hall–Kier alpha value is -1.23. The first-order valence-electron chi connectivity index (χ1n) is 4.67. The van der Waals surface area contributed by atoms with Crippen LogP contribution in [-0.4, -0.2) is 29.1 Å². The van der Waals surface area contributed by atoms with Crippen molar-refractivity contribution in [1.29, 1.82) is 0 Å². The number of hydrogen-bond acceptors (Lipinski definition) is 4. The summed E-state index contributed by atoms with van der Waals surface area (Å²) in [6.45, 7) is 1.14. The standard InChI is InChI=1S/C9H13FN4/c10-4-8-3-9(13-6-12-8)14-2-1-7(11)5-14/h3,6-7H,1-2,4-5,11H2. The van der Waals surface area contributed by atoms with Gasteiger partial charge in [-0.25, -0.2) is 14.4 Å². The summed E-state index contributed by atoms with van der Waals surface area (Å²) in [7, 11) is 0. The third-order valence-corrected chi connectivity index (χ3v) is 2.39. The number of aromatic nitrogens is 2. The van der Waals surface area contributed by atoms with Crippen molar-refractivity contribution >= 4 is 5.82 Å². The van der Waals surface area contributed by atoms with Crippen molar-refractivity contribution in [2.24, 2.45) is 5.73 Å². The minimum atomic E-state index is -0.546. The van der Waals surface area contributed by atoms with Crippen LogP contribution in [0.4, 0.5) is 10.2 Å². The summed E-state index contributed by atoms with van der Waals surface area (Å²) in [4.78, 5) is 9.96. The molecule has 1 aromatic heterocycles. The van der Waals surface area contributed by atoms with E-state index in [1.54, 1.807) is 6.07 Å². The zero-order chi connectivity index (χ0) is 9.97. The van der Waals surface area contributed by atoms with Crippen LogP contribution in [0.1, 0.15) is 12.1 Å². The number of hydrogen-bond donors (Lipinski definition) is 1. The van der Waals surface area contributed by atoms with Gasteiger partial charge in [-0.05, 0) is 6.42 Å². The molecule has 14 heavy (non-hydrogen) atoms. The van der Waals surface area contributed by atoms with Gasteiger partial charge in [0.15, 0.2) is 0 Å². The molecule has 0 aliphatic carbocycles. The van der Waals surface area contributed by atoms with Gasteiger partial charge in [0.25, 0.3) is 0 Å². The Morgan fingerprint density at radius 2 is 2.43 bits per heavy atom. The molecule has 2 rings (SSSR count). The van der Waals surface area contributed by atoms with E-state index >= 15 is 0 Å². The van der Waals surface area contributed by atoms with E-state index in [0.717, 1.165) is 25.3 Å². The van der Waals surface area contributed by atoms with Gasteiger partial charge in [0.1, 0.15) is 18.8 Å². The predicted octanol–water partition coefficient (Wildman–Crippen LogP) is 0.483. The maximum absolute atomic E-state index is 12.3. The van der Waals surface area contributed by atoms with Gasteiger partial charge in [0.2, 0.25) is 0 Å². The summed E-state index contributed by atoms with van der Waals surface area (Å²) < 4.78 is 12.3. The first-order chi connectivity index (χ1) is 6.79. The van der Waals surface area contributed by atoms with Crippen molar-refractivity contribution in [2.75, 3.05) is 18.0 Å². The van der Waals surface area contributed by atoms with Crippen LogP contribution in [0, 0.1) is 0 Å². The molecule has 1 saturated heterocycles. The second-order valence-electron chi connectivity index (χ2n) is 3.50. The lowest BCUT2D eigenvalue weighted by molar-refractivity contribution is 0.475. The minimum absolute atomic E-state index is 0.207. The molecule has 0 radical (unpaired) electrons. The van der Waals surface area contributed by atoms with Gasteiger partial charge in [0.05, 0.1) is 5.69 Å². The lowest BCUT2D eigenvalue weighted by Crippen LogP contribution is -2.26. The fourth-order valence-corrected chi connectivity index (χ4v) is 1.63. The molecule has 0 saturated carbocycles. The number of nitrogens with two attached hydrogens (primary N) is 1. The highest BCUT2D eigenvalue weighted by atomic mass is 19.1. The monoisotopic (exact) mass is 196 g/mol. The van der Waals surface area contributed by atoms with Crippen molar-refractivity contribution in [2.45, 2.75) is 19.1 Å². The molecule has 76 valence electrons. The molecule has 0 spiro atoms. The van der Waals surface area contributed by atoms with Gasteiger partial charge in [-0.1, -0.05) is 0 Å². The molecule has 2 N–H and O–H groups in total. The van der Waals surface area contributed by atoms with Gasteiger partial charge in [0, 0.05) is 25.2 Å². The molecule has 1 unspecified atom stereocenters. The van der Waals surface area contributed by atoms with E-state index in [4.69, 9.17) is 5.73 Å². The fraction of sp³-hybridized carbons (Fsp3) is 0.556. The third kappa shape index (κ3) is 1.82. The Kier molecular flexibility index (Phi) is 2.58. The van der Waals surface area contributed by atoms with Crippen molar-refractivity contribution in [3.05, 3.63) is 18.1 Å². The highest BCUT2D eigenvalue weighted by Crippen LogP contribution is 2.17. The Labute approximate surface area is 82.0 Å². The number of rotatable bonds is 2. The van der Waals surface area contributed by atoms with Crippen LogP contribution in [0.25, 0.3) is 0 Å². The molecule has 0 bridgehead atoms. The summed E-state index contributed by atoms with van der Waals surface area (Å²) in [6, 6.07) is 1.89. The van der Waals surface area contributed by atoms with E-state index in [2.05, 4.69) is 14.9 Å². The van der Waals surface area contributed by atoms with E-state index in [-0.39, 0.29) is 6.04 Å². The molecule has 2 heterocycles. The normalized spacial score (nSPS) is 21.6. The summed E-state index contributed by atoms with van der Waals surface area (Å²) in [5, 5.41) is 0. The van der Waals surface area contributed by atoms with Crippen LogP contribution in [0.2, 0.25) is 0 Å². The Morgan fingerprint density at radius 3 is 3.07 bits per heavy atom. The Morgan fingerprint density at radius 1 is 1.57 bits per heavy atom. The van der Waals surface area contributed by atoms with E-state index < -0.39 is 6.67 Å². The topological polar surface area (TPSA) is 55.0 Å². The van der Waals surface area contributed by atoms with E-state index in [1.807, 2.05) is 0 Å². The highest BCUT2D eigenvalue weighted by molar-refractivity contribution is 5.40. The lowest BCUT2D eigenvalue weighted by Gasteiger charge is -2.16. The van der Waals surface area contributed by atoms with Gasteiger partial charge >= 0.3 is 0 Å². The molecule has 4 nitrogen and oxygen atoms in total. The van der Waals surface area contributed by atoms with Crippen LogP contribution in [-0.2, 0) is 6.67 Å². The predicted molar refractivity (Wildman–Crippen MR) is 51.6 cm³/mol. The quantitative estimate of drug-likeness (QED) is 0.747. The second-order valence-corrected chi connectivity index (χ2v) is 3.50. The first-order valence-corrected chi connectivity index (χ1v) is 4.67. The SMILES string of the molecule is NC1CCN(c2cc(CF)ncn2)C1. The number of alkyl halides is 1. The van der Waals surface area contributed by atoms with Crippen LogP contribution in [0.3, 0.4) is 0 Å². The number of anilines is 1. The van der Waals surface area contributed by atoms with Gasteiger partial charge < -0.3 is 10.6 Å². The molecule has 1 atom stereocenters. The van der Waals surface area contributed by atoms with Crippen LogP contribution in [0.5, 0.6) is 0 Å². The molecule has 0 aromatic carbocycles. The Bertz CT molecular complexity index is 317. The van der Waals surface area contributed by atoms with E-state index in [9.17, 15) is 4.39 Å². The lowest BCUT2D eigenvalue weighted by atomic mass is 10.3. The summed E-state index contributed by atoms with van der Waals surface area (Å²) >= 11 is 0. The van der Waals surface area contributed by atoms with Gasteiger partial charge in [-0.15, -0.1) is 0 Å². The largest absolute Gasteiger partial charge is 0.355 e. The van der Waals surface area contributed by atoms with Crippen molar-refractivity contribution in [3.63, 3.8) is 0 Å².